The number of ether oxygens (including phenoxy) is 1. The van der Waals surface area contributed by atoms with Crippen molar-refractivity contribution < 1.29 is 9.13 Å². The number of hydrogen-bond donors (Lipinski definition) is 1. The van der Waals surface area contributed by atoms with Gasteiger partial charge in [-0.2, -0.15) is 0 Å². The van der Waals surface area contributed by atoms with Crippen molar-refractivity contribution in [3.63, 3.8) is 0 Å². The number of benzene rings is 2. The topological polar surface area (TPSA) is 35.2 Å². The summed E-state index contributed by atoms with van der Waals surface area (Å²) in [6.45, 7) is 3.92. The van der Waals surface area contributed by atoms with Crippen LogP contribution in [0.3, 0.4) is 0 Å². The van der Waals surface area contributed by atoms with Gasteiger partial charge in [-0.25, -0.2) is 4.39 Å². The van der Waals surface area contributed by atoms with Crippen molar-refractivity contribution in [1.29, 1.82) is 0 Å². The first-order valence-electron chi connectivity index (χ1n) is 6.41. The van der Waals surface area contributed by atoms with Gasteiger partial charge >= 0.3 is 0 Å². The quantitative estimate of drug-likeness (QED) is 0.899. The van der Waals surface area contributed by atoms with Gasteiger partial charge in [-0.15, -0.1) is 0 Å². The lowest BCUT2D eigenvalue weighted by atomic mass is 10.0. The molecule has 2 N–H and O–H groups in total. The van der Waals surface area contributed by atoms with Crippen LogP contribution in [0.15, 0.2) is 46.9 Å². The Kier molecular flexibility index (Phi) is 4.78. The minimum atomic E-state index is -0.308. The molecule has 2 atom stereocenters. The maximum absolute atomic E-state index is 13.1. The van der Waals surface area contributed by atoms with Gasteiger partial charge in [0.2, 0.25) is 0 Å². The number of halogens is 2. The summed E-state index contributed by atoms with van der Waals surface area (Å²) in [5.41, 5.74) is 8.20. The first-order chi connectivity index (χ1) is 9.47. The first-order valence-corrected chi connectivity index (χ1v) is 7.20. The van der Waals surface area contributed by atoms with Crippen molar-refractivity contribution in [2.45, 2.75) is 26.0 Å². The maximum atomic E-state index is 13.1. The molecule has 0 aliphatic rings. The molecule has 0 fully saturated rings. The molecule has 0 aliphatic carbocycles. The summed E-state index contributed by atoms with van der Waals surface area (Å²) in [4.78, 5) is 0. The Morgan fingerprint density at radius 2 is 1.80 bits per heavy atom. The minimum Gasteiger partial charge on any atom is -0.483 e. The Labute approximate surface area is 126 Å². The van der Waals surface area contributed by atoms with E-state index in [9.17, 15) is 4.39 Å². The molecule has 2 aromatic rings. The molecular weight excluding hydrogens is 321 g/mol. The Hall–Kier alpha value is -1.39. The zero-order valence-electron chi connectivity index (χ0n) is 11.4. The summed E-state index contributed by atoms with van der Waals surface area (Å²) in [5, 5.41) is 0. The average Bonchev–Trinajstić information content (AvgIpc) is 2.39. The molecule has 0 spiro atoms. The van der Waals surface area contributed by atoms with Crippen LogP contribution in [0.4, 0.5) is 4.39 Å². The number of rotatable bonds is 4. The molecule has 2 unspecified atom stereocenters. The van der Waals surface area contributed by atoms with Crippen LogP contribution >= 0.6 is 15.9 Å². The Balaban J connectivity index is 2.28. The van der Waals surface area contributed by atoms with E-state index >= 15 is 0 Å². The van der Waals surface area contributed by atoms with Gasteiger partial charge in [-0.1, -0.05) is 29.8 Å². The first kappa shape index (κ1) is 15.0. The highest BCUT2D eigenvalue weighted by Crippen LogP contribution is 2.31. The summed E-state index contributed by atoms with van der Waals surface area (Å²) in [6, 6.07) is 12.2. The van der Waals surface area contributed by atoms with E-state index in [1.165, 1.54) is 17.7 Å². The van der Waals surface area contributed by atoms with Crippen LogP contribution in [0.1, 0.15) is 24.2 Å². The van der Waals surface area contributed by atoms with Crippen LogP contribution in [0.25, 0.3) is 0 Å². The summed E-state index contributed by atoms with van der Waals surface area (Å²) in [7, 11) is 0. The second-order valence-corrected chi connectivity index (χ2v) is 5.74. The van der Waals surface area contributed by atoms with E-state index in [0.29, 0.717) is 10.2 Å². The van der Waals surface area contributed by atoms with Crippen LogP contribution in [0, 0.1) is 12.7 Å². The summed E-state index contributed by atoms with van der Waals surface area (Å²) >= 11 is 3.30. The summed E-state index contributed by atoms with van der Waals surface area (Å²) < 4.78 is 19.6. The summed E-state index contributed by atoms with van der Waals surface area (Å²) in [5.74, 6) is 0.270. The lowest BCUT2D eigenvalue weighted by molar-refractivity contribution is 0.179. The third-order valence-corrected chi connectivity index (χ3v) is 3.65. The van der Waals surface area contributed by atoms with Gasteiger partial charge in [0.25, 0.3) is 0 Å². The zero-order valence-corrected chi connectivity index (χ0v) is 13.0. The van der Waals surface area contributed by atoms with Gasteiger partial charge in [0.15, 0.2) is 0 Å². The molecule has 4 heteroatoms. The van der Waals surface area contributed by atoms with Gasteiger partial charge in [-0.05, 0) is 53.5 Å². The Morgan fingerprint density at radius 1 is 1.15 bits per heavy atom. The average molecular weight is 338 g/mol. The Morgan fingerprint density at radius 3 is 2.35 bits per heavy atom. The van der Waals surface area contributed by atoms with Gasteiger partial charge in [0.1, 0.15) is 17.7 Å². The van der Waals surface area contributed by atoms with Gasteiger partial charge in [-0.3, -0.25) is 0 Å². The lowest BCUT2D eigenvalue weighted by Gasteiger charge is -2.23. The van der Waals surface area contributed by atoms with Crippen LogP contribution in [-0.2, 0) is 0 Å². The van der Waals surface area contributed by atoms with E-state index in [2.05, 4.69) is 15.9 Å². The van der Waals surface area contributed by atoms with Crippen LogP contribution in [0.2, 0.25) is 0 Å². The molecule has 106 valence electrons. The standard InChI is InChI=1S/C16H17BrFNO/c1-10-3-5-12(6-4-10)16(11(2)19)20-15-8-7-13(18)9-14(15)17/h3-9,11,16H,19H2,1-2H3. The molecule has 0 amide bonds. The van der Waals surface area contributed by atoms with Gasteiger partial charge < -0.3 is 10.5 Å². The SMILES string of the molecule is Cc1ccc(C(Oc2ccc(F)cc2Br)C(C)N)cc1. The van der Waals surface area contributed by atoms with E-state index in [4.69, 9.17) is 10.5 Å². The number of nitrogens with two attached hydrogens (primary N) is 1. The monoisotopic (exact) mass is 337 g/mol. The molecule has 2 rings (SSSR count). The van der Waals surface area contributed by atoms with E-state index < -0.39 is 0 Å². The molecular formula is C16H17BrFNO. The van der Waals surface area contributed by atoms with Crippen molar-refractivity contribution in [3.05, 3.63) is 63.9 Å². The van der Waals surface area contributed by atoms with Crippen molar-refractivity contribution >= 4 is 15.9 Å². The van der Waals surface area contributed by atoms with Crippen molar-refractivity contribution in [2.24, 2.45) is 5.73 Å². The molecule has 0 radical (unpaired) electrons. The highest BCUT2D eigenvalue weighted by atomic mass is 79.9. The molecule has 0 aromatic heterocycles. The van der Waals surface area contributed by atoms with Crippen molar-refractivity contribution in [1.82, 2.24) is 0 Å². The van der Waals surface area contributed by atoms with Crippen LogP contribution in [-0.4, -0.2) is 6.04 Å². The fourth-order valence-electron chi connectivity index (χ4n) is 1.94. The van der Waals surface area contributed by atoms with E-state index in [1.54, 1.807) is 6.07 Å². The summed E-state index contributed by atoms with van der Waals surface area (Å²) in [6.07, 6.45) is -0.280. The second kappa shape index (κ2) is 6.37. The largest absolute Gasteiger partial charge is 0.483 e. The van der Waals surface area contributed by atoms with E-state index in [0.717, 1.165) is 5.56 Å². The maximum Gasteiger partial charge on any atom is 0.139 e. The lowest BCUT2D eigenvalue weighted by Crippen LogP contribution is -2.29. The molecule has 2 aromatic carbocycles. The van der Waals surface area contributed by atoms with Gasteiger partial charge in [0, 0.05) is 6.04 Å². The fourth-order valence-corrected chi connectivity index (χ4v) is 2.39. The highest BCUT2D eigenvalue weighted by Gasteiger charge is 2.19. The molecule has 0 bridgehead atoms. The number of aryl methyl sites for hydroxylation is 1. The van der Waals surface area contributed by atoms with Crippen LogP contribution in [0.5, 0.6) is 5.75 Å². The molecule has 20 heavy (non-hydrogen) atoms. The predicted molar refractivity (Wildman–Crippen MR) is 82.3 cm³/mol. The van der Waals surface area contributed by atoms with E-state index in [1.807, 2.05) is 38.1 Å². The van der Waals surface area contributed by atoms with Crippen LogP contribution < -0.4 is 10.5 Å². The predicted octanol–water partition coefficient (Wildman–Crippen LogP) is 4.36. The van der Waals surface area contributed by atoms with Gasteiger partial charge in [0.05, 0.1) is 4.47 Å². The van der Waals surface area contributed by atoms with Crippen molar-refractivity contribution in [2.75, 3.05) is 0 Å². The minimum absolute atomic E-state index is 0.186. The molecule has 0 saturated heterocycles. The number of hydrogen-bond acceptors (Lipinski definition) is 2. The molecule has 2 nitrogen and oxygen atoms in total. The van der Waals surface area contributed by atoms with Crippen molar-refractivity contribution in [3.8, 4) is 5.75 Å². The highest BCUT2D eigenvalue weighted by molar-refractivity contribution is 9.10. The second-order valence-electron chi connectivity index (χ2n) is 4.88. The molecule has 0 aliphatic heterocycles. The normalized spacial score (nSPS) is 13.8. The third kappa shape index (κ3) is 3.58. The molecule has 0 saturated carbocycles. The molecule has 0 heterocycles. The smallest absolute Gasteiger partial charge is 0.139 e. The fraction of sp³-hybridized carbons (Fsp3) is 0.250. The van der Waals surface area contributed by atoms with E-state index in [-0.39, 0.29) is 18.0 Å². The zero-order chi connectivity index (χ0) is 14.7. The Bertz CT molecular complexity index is 584. The third-order valence-electron chi connectivity index (χ3n) is 3.03.